The standard InChI is InChI=1S/C3H8O8S2/c4-1-10-12(6,7)3-13(8,9)11-2-5/h4-5H,1-3H2. The predicted octanol–water partition coefficient (Wildman–Crippen LogP) is -2.46. The Labute approximate surface area is 75.0 Å². The monoisotopic (exact) mass is 236 g/mol. The SMILES string of the molecule is O=S(=O)(CS(=O)(=O)OCO)OCO. The average Bonchev–Trinajstić information content (AvgIpc) is 1.82. The Balaban J connectivity index is 4.44. The topological polar surface area (TPSA) is 127 Å². The molecule has 2 N–H and O–H groups in total. The molecule has 0 aromatic carbocycles. The predicted molar refractivity (Wildman–Crippen MR) is 39.0 cm³/mol. The second-order valence-corrected chi connectivity index (χ2v) is 5.37. The highest BCUT2D eigenvalue weighted by molar-refractivity contribution is 8.03. The van der Waals surface area contributed by atoms with E-state index >= 15 is 0 Å². The zero-order valence-corrected chi connectivity index (χ0v) is 7.91. The molecule has 0 saturated carbocycles. The summed E-state index contributed by atoms with van der Waals surface area (Å²) in [5.41, 5.74) is 0. The van der Waals surface area contributed by atoms with Gasteiger partial charge in [-0.25, -0.2) is 8.37 Å². The maximum absolute atomic E-state index is 10.6. The molecule has 0 unspecified atom stereocenters. The lowest BCUT2D eigenvalue weighted by Gasteiger charge is -2.02. The van der Waals surface area contributed by atoms with E-state index in [4.69, 9.17) is 10.2 Å². The summed E-state index contributed by atoms with van der Waals surface area (Å²) in [4.78, 5) is 0. The van der Waals surface area contributed by atoms with Gasteiger partial charge in [-0.05, 0) is 0 Å². The van der Waals surface area contributed by atoms with Crippen molar-refractivity contribution in [3.63, 3.8) is 0 Å². The first-order chi connectivity index (χ1) is 5.83. The fourth-order valence-electron chi connectivity index (χ4n) is 0.405. The van der Waals surface area contributed by atoms with Crippen LogP contribution in [-0.2, 0) is 28.6 Å². The molecular formula is C3H8O8S2. The van der Waals surface area contributed by atoms with Gasteiger partial charge in [-0.1, -0.05) is 0 Å². The Kier molecular flexibility index (Phi) is 4.74. The Morgan fingerprint density at radius 3 is 1.38 bits per heavy atom. The second-order valence-electron chi connectivity index (χ2n) is 1.73. The van der Waals surface area contributed by atoms with Crippen LogP contribution in [0.3, 0.4) is 0 Å². The fourth-order valence-corrected chi connectivity index (χ4v) is 2.69. The number of rotatable bonds is 6. The van der Waals surface area contributed by atoms with Crippen LogP contribution in [-0.4, -0.2) is 45.7 Å². The van der Waals surface area contributed by atoms with Crippen LogP contribution in [0.4, 0.5) is 0 Å². The van der Waals surface area contributed by atoms with Gasteiger partial charge in [0.25, 0.3) is 20.2 Å². The van der Waals surface area contributed by atoms with E-state index in [1.54, 1.807) is 0 Å². The van der Waals surface area contributed by atoms with Crippen LogP contribution < -0.4 is 0 Å². The van der Waals surface area contributed by atoms with Gasteiger partial charge < -0.3 is 10.2 Å². The quantitative estimate of drug-likeness (QED) is 0.384. The fraction of sp³-hybridized carbons (Fsp3) is 1.00. The van der Waals surface area contributed by atoms with Crippen molar-refractivity contribution in [3.8, 4) is 0 Å². The third kappa shape index (κ3) is 5.90. The molecule has 0 aliphatic carbocycles. The Morgan fingerprint density at radius 1 is 0.846 bits per heavy atom. The van der Waals surface area contributed by atoms with Gasteiger partial charge in [0, 0.05) is 0 Å². The lowest BCUT2D eigenvalue weighted by molar-refractivity contribution is 0.102. The molecule has 0 bridgehead atoms. The van der Waals surface area contributed by atoms with Crippen LogP contribution in [0.1, 0.15) is 0 Å². The minimum absolute atomic E-state index is 1.16. The molecule has 0 rings (SSSR count). The first-order valence-electron chi connectivity index (χ1n) is 2.79. The summed E-state index contributed by atoms with van der Waals surface area (Å²) >= 11 is 0. The third-order valence-electron chi connectivity index (χ3n) is 0.753. The van der Waals surface area contributed by atoms with E-state index in [0.717, 1.165) is 0 Å². The molecule has 80 valence electrons. The van der Waals surface area contributed by atoms with Gasteiger partial charge in [0.15, 0.2) is 13.6 Å². The number of hydrogen-bond acceptors (Lipinski definition) is 8. The zero-order valence-electron chi connectivity index (χ0n) is 6.28. The average molecular weight is 236 g/mol. The molecular weight excluding hydrogens is 228 g/mol. The van der Waals surface area contributed by atoms with E-state index in [9.17, 15) is 16.8 Å². The maximum Gasteiger partial charge on any atom is 0.286 e. The minimum Gasteiger partial charge on any atom is -0.369 e. The summed E-state index contributed by atoms with van der Waals surface area (Å²) in [5.74, 6) is 0. The first-order valence-corrected chi connectivity index (χ1v) is 5.94. The highest BCUT2D eigenvalue weighted by Gasteiger charge is 2.23. The van der Waals surface area contributed by atoms with Crippen LogP contribution >= 0.6 is 0 Å². The maximum atomic E-state index is 10.6. The van der Waals surface area contributed by atoms with Crippen LogP contribution in [0, 0.1) is 0 Å². The van der Waals surface area contributed by atoms with E-state index < -0.39 is 38.9 Å². The summed E-state index contributed by atoms with van der Waals surface area (Å²) in [6.45, 7) is -2.31. The van der Waals surface area contributed by atoms with E-state index in [1.807, 2.05) is 0 Å². The molecule has 13 heavy (non-hydrogen) atoms. The van der Waals surface area contributed by atoms with Crippen LogP contribution in [0.25, 0.3) is 0 Å². The molecule has 0 spiro atoms. The number of aliphatic hydroxyl groups is 2. The molecule has 0 amide bonds. The molecule has 0 radical (unpaired) electrons. The van der Waals surface area contributed by atoms with Crippen molar-refractivity contribution >= 4 is 20.2 Å². The minimum atomic E-state index is -4.39. The number of hydrogen-bond donors (Lipinski definition) is 2. The van der Waals surface area contributed by atoms with Gasteiger partial charge in [-0.15, -0.1) is 0 Å². The molecule has 0 aliphatic rings. The van der Waals surface area contributed by atoms with Crippen molar-refractivity contribution in [2.24, 2.45) is 0 Å². The van der Waals surface area contributed by atoms with Crippen LogP contribution in [0.15, 0.2) is 0 Å². The van der Waals surface area contributed by atoms with Gasteiger partial charge >= 0.3 is 0 Å². The van der Waals surface area contributed by atoms with E-state index in [-0.39, 0.29) is 0 Å². The normalized spacial score (nSPS) is 13.1. The number of aliphatic hydroxyl groups excluding tert-OH is 2. The molecule has 0 fully saturated rings. The zero-order chi connectivity index (χ0) is 10.5. The van der Waals surface area contributed by atoms with Gasteiger partial charge in [0.2, 0.25) is 5.08 Å². The summed E-state index contributed by atoms with van der Waals surface area (Å²) < 4.78 is 49.8. The molecule has 10 heteroatoms. The summed E-state index contributed by atoms with van der Waals surface area (Å²) in [6.07, 6.45) is 0. The molecule has 0 atom stereocenters. The lowest BCUT2D eigenvalue weighted by atomic mass is 11.6. The largest absolute Gasteiger partial charge is 0.369 e. The van der Waals surface area contributed by atoms with Gasteiger partial charge in [-0.2, -0.15) is 16.8 Å². The second kappa shape index (κ2) is 4.83. The van der Waals surface area contributed by atoms with E-state index in [0.29, 0.717) is 0 Å². The summed E-state index contributed by atoms with van der Waals surface area (Å²) in [5, 5.41) is 14.6. The first kappa shape index (κ1) is 12.7. The Bertz CT molecular complexity index is 290. The summed E-state index contributed by atoms with van der Waals surface area (Å²) in [6, 6.07) is 0. The van der Waals surface area contributed by atoms with Crippen molar-refractivity contribution in [1.82, 2.24) is 0 Å². The lowest BCUT2D eigenvalue weighted by Crippen LogP contribution is -2.21. The van der Waals surface area contributed by atoms with Crippen molar-refractivity contribution < 1.29 is 35.4 Å². The summed E-state index contributed by atoms with van der Waals surface area (Å²) in [7, 11) is -8.77. The van der Waals surface area contributed by atoms with Crippen molar-refractivity contribution in [1.29, 1.82) is 0 Å². The third-order valence-corrected chi connectivity index (χ3v) is 3.99. The van der Waals surface area contributed by atoms with E-state index in [2.05, 4.69) is 8.37 Å². The van der Waals surface area contributed by atoms with Crippen molar-refractivity contribution in [2.45, 2.75) is 0 Å². The highest BCUT2D eigenvalue weighted by Crippen LogP contribution is 2.01. The van der Waals surface area contributed by atoms with Crippen molar-refractivity contribution in [2.75, 3.05) is 18.7 Å². The van der Waals surface area contributed by atoms with Gasteiger partial charge in [0.05, 0.1) is 0 Å². The highest BCUT2D eigenvalue weighted by atomic mass is 32.3. The molecule has 0 saturated heterocycles. The van der Waals surface area contributed by atoms with Crippen LogP contribution in [0.2, 0.25) is 0 Å². The molecule has 0 aliphatic heterocycles. The Morgan fingerprint density at radius 2 is 1.15 bits per heavy atom. The molecule has 0 heterocycles. The van der Waals surface area contributed by atoms with Gasteiger partial charge in [0.1, 0.15) is 0 Å². The smallest absolute Gasteiger partial charge is 0.286 e. The van der Waals surface area contributed by atoms with Gasteiger partial charge in [-0.3, -0.25) is 0 Å². The van der Waals surface area contributed by atoms with E-state index in [1.165, 1.54) is 0 Å². The van der Waals surface area contributed by atoms with Crippen molar-refractivity contribution in [3.05, 3.63) is 0 Å². The Hall–Kier alpha value is -0.260. The van der Waals surface area contributed by atoms with Crippen LogP contribution in [0.5, 0.6) is 0 Å². The molecule has 8 nitrogen and oxygen atoms in total. The molecule has 0 aromatic heterocycles. The molecule has 0 aromatic rings.